The van der Waals surface area contributed by atoms with Crippen LogP contribution in [0.4, 0.5) is 0 Å². The summed E-state index contributed by atoms with van der Waals surface area (Å²) in [7, 11) is 0. The number of oxime groups is 1. The van der Waals surface area contributed by atoms with Gasteiger partial charge in [0, 0.05) is 10.0 Å². The Morgan fingerprint density at radius 2 is 2.27 bits per heavy atom. The van der Waals surface area contributed by atoms with Gasteiger partial charge in [-0.05, 0) is 12.1 Å². The SMILES string of the molecule is O/N=C(\Cl)c1cccc(Br)c1. The standard InChI is InChI=1S/C7H5BrClNO/c8-6-3-1-2-5(4-6)7(9)10-11/h1-4,11H/b10-7-. The van der Waals surface area contributed by atoms with Gasteiger partial charge in [-0.2, -0.15) is 0 Å². The zero-order valence-electron chi connectivity index (χ0n) is 5.46. The number of hydrogen-bond acceptors (Lipinski definition) is 2. The molecule has 1 rings (SSSR count). The van der Waals surface area contributed by atoms with Gasteiger partial charge in [-0.25, -0.2) is 0 Å². The van der Waals surface area contributed by atoms with Crippen molar-refractivity contribution in [1.82, 2.24) is 0 Å². The maximum absolute atomic E-state index is 8.32. The maximum Gasteiger partial charge on any atom is 0.175 e. The highest BCUT2D eigenvalue weighted by atomic mass is 79.9. The molecule has 0 bridgehead atoms. The van der Waals surface area contributed by atoms with E-state index in [0.717, 1.165) is 4.47 Å². The summed E-state index contributed by atoms with van der Waals surface area (Å²) in [5.41, 5.74) is 0.684. The normalized spacial score (nSPS) is 11.6. The second-order valence-electron chi connectivity index (χ2n) is 1.90. The summed E-state index contributed by atoms with van der Waals surface area (Å²) in [5, 5.41) is 11.3. The molecule has 4 heteroatoms. The molecule has 0 spiro atoms. The van der Waals surface area contributed by atoms with Crippen LogP contribution in [0.25, 0.3) is 0 Å². The summed E-state index contributed by atoms with van der Waals surface area (Å²) in [6.07, 6.45) is 0. The van der Waals surface area contributed by atoms with Crippen molar-refractivity contribution in [2.45, 2.75) is 0 Å². The number of halogens is 2. The minimum Gasteiger partial charge on any atom is -0.410 e. The van der Waals surface area contributed by atoms with Crippen LogP contribution in [0.5, 0.6) is 0 Å². The Kier molecular flexibility index (Phi) is 2.91. The van der Waals surface area contributed by atoms with Gasteiger partial charge in [-0.1, -0.05) is 44.8 Å². The molecule has 0 aliphatic rings. The van der Waals surface area contributed by atoms with E-state index in [4.69, 9.17) is 16.8 Å². The van der Waals surface area contributed by atoms with E-state index in [1.165, 1.54) is 0 Å². The summed E-state index contributed by atoms with van der Waals surface area (Å²) < 4.78 is 0.900. The van der Waals surface area contributed by atoms with Gasteiger partial charge < -0.3 is 5.21 Å². The van der Waals surface area contributed by atoms with Crippen molar-refractivity contribution in [1.29, 1.82) is 0 Å². The Morgan fingerprint density at radius 3 is 2.82 bits per heavy atom. The quantitative estimate of drug-likeness (QED) is 0.452. The largest absolute Gasteiger partial charge is 0.410 e. The Bertz CT molecular complexity index is 288. The monoisotopic (exact) mass is 233 g/mol. The van der Waals surface area contributed by atoms with E-state index in [1.54, 1.807) is 12.1 Å². The summed E-state index contributed by atoms with van der Waals surface area (Å²) >= 11 is 8.81. The van der Waals surface area contributed by atoms with Gasteiger partial charge in [-0.15, -0.1) is 0 Å². The molecule has 1 aromatic carbocycles. The zero-order valence-corrected chi connectivity index (χ0v) is 7.80. The van der Waals surface area contributed by atoms with E-state index in [-0.39, 0.29) is 5.17 Å². The molecular weight excluding hydrogens is 229 g/mol. The molecule has 0 fully saturated rings. The molecule has 2 nitrogen and oxygen atoms in total. The number of rotatable bonds is 1. The third kappa shape index (κ3) is 2.20. The third-order valence-corrected chi connectivity index (χ3v) is 1.94. The Labute approximate surface area is 77.6 Å². The van der Waals surface area contributed by atoms with E-state index < -0.39 is 0 Å². The van der Waals surface area contributed by atoms with Gasteiger partial charge in [0.25, 0.3) is 0 Å². The zero-order chi connectivity index (χ0) is 8.27. The summed E-state index contributed by atoms with van der Waals surface area (Å²) in [6, 6.07) is 7.20. The fourth-order valence-corrected chi connectivity index (χ4v) is 1.19. The molecule has 0 amide bonds. The molecule has 0 saturated carbocycles. The van der Waals surface area contributed by atoms with Gasteiger partial charge >= 0.3 is 0 Å². The summed E-state index contributed by atoms with van der Waals surface area (Å²) in [4.78, 5) is 0. The van der Waals surface area contributed by atoms with Crippen molar-refractivity contribution in [2.75, 3.05) is 0 Å². The van der Waals surface area contributed by atoms with Crippen molar-refractivity contribution < 1.29 is 5.21 Å². The van der Waals surface area contributed by atoms with E-state index in [9.17, 15) is 0 Å². The van der Waals surface area contributed by atoms with Gasteiger partial charge in [0.05, 0.1) is 0 Å². The molecule has 1 aromatic rings. The number of hydrogen-bond donors (Lipinski definition) is 1. The van der Waals surface area contributed by atoms with Crippen molar-refractivity contribution in [2.24, 2.45) is 5.16 Å². The van der Waals surface area contributed by atoms with Gasteiger partial charge in [0.15, 0.2) is 5.17 Å². The van der Waals surface area contributed by atoms with Crippen molar-refractivity contribution in [3.8, 4) is 0 Å². The molecule has 0 unspecified atom stereocenters. The van der Waals surface area contributed by atoms with E-state index in [2.05, 4.69) is 21.1 Å². The van der Waals surface area contributed by atoms with Gasteiger partial charge in [0.2, 0.25) is 0 Å². The number of benzene rings is 1. The van der Waals surface area contributed by atoms with Gasteiger partial charge in [0.1, 0.15) is 0 Å². The molecule has 0 aliphatic heterocycles. The topological polar surface area (TPSA) is 32.6 Å². The minimum absolute atomic E-state index is 0.0892. The lowest BCUT2D eigenvalue weighted by molar-refractivity contribution is 0.321. The van der Waals surface area contributed by atoms with E-state index >= 15 is 0 Å². The molecule has 0 atom stereocenters. The molecule has 0 heterocycles. The van der Waals surface area contributed by atoms with Crippen molar-refractivity contribution in [3.05, 3.63) is 34.3 Å². The fourth-order valence-electron chi connectivity index (χ4n) is 0.675. The van der Waals surface area contributed by atoms with Crippen molar-refractivity contribution >= 4 is 32.7 Å². The number of nitrogens with zero attached hydrogens (tertiary/aromatic N) is 1. The van der Waals surface area contributed by atoms with Crippen LogP contribution in [0.15, 0.2) is 33.9 Å². The highest BCUT2D eigenvalue weighted by Crippen LogP contribution is 2.13. The summed E-state index contributed by atoms with van der Waals surface area (Å²) in [5.74, 6) is 0. The van der Waals surface area contributed by atoms with Crippen LogP contribution >= 0.6 is 27.5 Å². The molecular formula is C7H5BrClNO. The van der Waals surface area contributed by atoms with Crippen LogP contribution in [0.3, 0.4) is 0 Å². The third-order valence-electron chi connectivity index (χ3n) is 1.15. The molecule has 1 N–H and O–H groups in total. The smallest absolute Gasteiger partial charge is 0.175 e. The first kappa shape index (κ1) is 8.56. The maximum atomic E-state index is 8.32. The van der Waals surface area contributed by atoms with Crippen LogP contribution in [-0.4, -0.2) is 10.4 Å². The Hall–Kier alpha value is -0.540. The highest BCUT2D eigenvalue weighted by molar-refractivity contribution is 9.10. The van der Waals surface area contributed by atoms with Crippen LogP contribution in [0.1, 0.15) is 5.56 Å². The molecule has 0 aliphatic carbocycles. The highest BCUT2D eigenvalue weighted by Gasteiger charge is 1.98. The van der Waals surface area contributed by atoms with Crippen LogP contribution in [0.2, 0.25) is 0 Å². The molecule has 58 valence electrons. The van der Waals surface area contributed by atoms with E-state index in [1.807, 2.05) is 12.1 Å². The second kappa shape index (κ2) is 3.74. The van der Waals surface area contributed by atoms with E-state index in [0.29, 0.717) is 5.56 Å². The predicted molar refractivity (Wildman–Crippen MR) is 48.3 cm³/mol. The first-order chi connectivity index (χ1) is 5.24. The molecule has 0 saturated heterocycles. The van der Waals surface area contributed by atoms with Gasteiger partial charge in [-0.3, -0.25) is 0 Å². The lowest BCUT2D eigenvalue weighted by atomic mass is 10.2. The first-order valence-corrected chi connectivity index (χ1v) is 4.04. The first-order valence-electron chi connectivity index (χ1n) is 2.87. The molecule has 0 radical (unpaired) electrons. The average Bonchev–Trinajstić information content (AvgIpc) is 2.03. The average molecular weight is 234 g/mol. The van der Waals surface area contributed by atoms with Crippen LogP contribution < -0.4 is 0 Å². The summed E-state index contributed by atoms with van der Waals surface area (Å²) in [6.45, 7) is 0. The van der Waals surface area contributed by atoms with Crippen LogP contribution in [0, 0.1) is 0 Å². The Morgan fingerprint density at radius 1 is 1.55 bits per heavy atom. The molecule has 11 heavy (non-hydrogen) atoms. The Balaban J connectivity index is 3.06. The lowest BCUT2D eigenvalue weighted by Crippen LogP contribution is -1.89. The van der Waals surface area contributed by atoms with Crippen LogP contribution in [-0.2, 0) is 0 Å². The second-order valence-corrected chi connectivity index (χ2v) is 3.17. The van der Waals surface area contributed by atoms with Crippen molar-refractivity contribution in [3.63, 3.8) is 0 Å². The fraction of sp³-hybridized carbons (Fsp3) is 0. The predicted octanol–water partition coefficient (Wildman–Crippen LogP) is 2.82. The minimum atomic E-state index is 0.0892. The lowest BCUT2D eigenvalue weighted by Gasteiger charge is -1.95. The molecule has 0 aromatic heterocycles.